The molecule has 0 bridgehead atoms. The number of hydrogen-bond acceptors (Lipinski definition) is 5. The average molecular weight is 498 g/mol. The fourth-order valence-corrected chi connectivity index (χ4v) is 10.3. The van der Waals surface area contributed by atoms with Crippen molar-refractivity contribution >= 4 is 23.5 Å². The lowest BCUT2D eigenvalue weighted by Crippen LogP contribution is -2.58. The van der Waals surface area contributed by atoms with E-state index in [2.05, 4.69) is 37.9 Å². The summed E-state index contributed by atoms with van der Waals surface area (Å²) >= 11 is 1.86. The summed E-state index contributed by atoms with van der Waals surface area (Å²) in [6.45, 7) is 8.83. The number of carbonyl (C=O) groups excluding carboxylic acids is 2. The maximum absolute atomic E-state index is 14.0. The number of pyridine rings is 1. The average Bonchev–Trinajstić information content (AvgIpc) is 3.16. The number of nitrogens with zero attached hydrogens (tertiary/aromatic N) is 1. The monoisotopic (exact) mass is 497 g/mol. The SMILES string of the molecule is CC(=O)O[C@@H]1CC[C@@]2(C)C(CC[C@H]3[C@@H]4CC[C@H]([C@H](C)CCSc5ccccn5)[C@@]4(C)CC(=O)[C@@H]32)C1. The molecule has 1 aromatic rings. The Bertz CT molecular complexity index is 937. The van der Waals surface area contributed by atoms with Gasteiger partial charge in [0, 0.05) is 25.5 Å². The summed E-state index contributed by atoms with van der Waals surface area (Å²) in [5.41, 5.74) is 0.243. The molecule has 35 heavy (non-hydrogen) atoms. The van der Waals surface area contributed by atoms with Crippen LogP contribution in [0.4, 0.5) is 0 Å². The second kappa shape index (κ2) is 9.84. The summed E-state index contributed by atoms with van der Waals surface area (Å²) < 4.78 is 5.60. The molecular formula is C30H43NO3S. The maximum atomic E-state index is 14.0. The normalized spacial score (nSPS) is 41.4. The van der Waals surface area contributed by atoms with Crippen molar-refractivity contribution in [1.82, 2.24) is 4.98 Å². The van der Waals surface area contributed by atoms with Gasteiger partial charge in [0.2, 0.25) is 0 Å². The quantitative estimate of drug-likeness (QED) is 0.314. The lowest BCUT2D eigenvalue weighted by Gasteiger charge is -2.60. The zero-order valence-electron chi connectivity index (χ0n) is 22.0. The van der Waals surface area contributed by atoms with Gasteiger partial charge in [0.15, 0.2) is 0 Å². The summed E-state index contributed by atoms with van der Waals surface area (Å²) in [7, 11) is 0. The van der Waals surface area contributed by atoms with Crippen molar-refractivity contribution in [3.8, 4) is 0 Å². The number of fused-ring (bicyclic) bond motifs is 5. The molecule has 0 aliphatic heterocycles. The molecule has 0 spiro atoms. The second-order valence-electron chi connectivity index (χ2n) is 12.6. The summed E-state index contributed by atoms with van der Waals surface area (Å²) in [6.07, 6.45) is 11.7. The number of esters is 1. The molecular weight excluding hydrogens is 454 g/mol. The third-order valence-corrected chi connectivity index (χ3v) is 11.8. The van der Waals surface area contributed by atoms with Crippen LogP contribution in [0.2, 0.25) is 0 Å². The molecule has 4 fully saturated rings. The number of ether oxygens (including phenoxy) is 1. The van der Waals surface area contributed by atoms with Crippen LogP contribution in [-0.2, 0) is 14.3 Å². The minimum absolute atomic E-state index is 0.0479. The van der Waals surface area contributed by atoms with Crippen LogP contribution in [0.5, 0.6) is 0 Å². The molecule has 0 saturated heterocycles. The lowest BCUT2D eigenvalue weighted by molar-refractivity contribution is -0.169. The molecule has 0 aromatic carbocycles. The Hall–Kier alpha value is -1.36. The van der Waals surface area contributed by atoms with Crippen LogP contribution in [0.1, 0.15) is 85.5 Å². The lowest BCUT2D eigenvalue weighted by atomic mass is 9.44. The highest BCUT2D eigenvalue weighted by Gasteiger charge is 2.63. The number of rotatable bonds is 6. The molecule has 4 aliphatic carbocycles. The first-order valence-corrected chi connectivity index (χ1v) is 14.9. The maximum Gasteiger partial charge on any atom is 0.302 e. The summed E-state index contributed by atoms with van der Waals surface area (Å²) in [6, 6.07) is 6.13. The van der Waals surface area contributed by atoms with Crippen molar-refractivity contribution in [2.24, 2.45) is 46.3 Å². The van der Waals surface area contributed by atoms with Crippen molar-refractivity contribution in [2.75, 3.05) is 5.75 Å². The van der Waals surface area contributed by atoms with Gasteiger partial charge in [0.05, 0.1) is 5.03 Å². The molecule has 9 atom stereocenters. The van der Waals surface area contributed by atoms with E-state index in [1.54, 1.807) is 0 Å². The molecule has 4 nitrogen and oxygen atoms in total. The Morgan fingerprint density at radius 2 is 2.00 bits per heavy atom. The van der Waals surface area contributed by atoms with E-state index < -0.39 is 0 Å². The van der Waals surface area contributed by atoms with Gasteiger partial charge in [-0.1, -0.05) is 26.8 Å². The Morgan fingerprint density at radius 1 is 1.17 bits per heavy atom. The van der Waals surface area contributed by atoms with E-state index in [0.29, 0.717) is 35.4 Å². The number of hydrogen-bond donors (Lipinski definition) is 0. The van der Waals surface area contributed by atoms with E-state index >= 15 is 0 Å². The van der Waals surface area contributed by atoms with E-state index in [1.807, 2.05) is 24.0 Å². The smallest absolute Gasteiger partial charge is 0.302 e. The molecule has 1 aromatic heterocycles. The number of carbonyl (C=O) groups is 2. The van der Waals surface area contributed by atoms with Crippen LogP contribution in [-0.4, -0.2) is 28.6 Å². The van der Waals surface area contributed by atoms with Gasteiger partial charge in [-0.25, -0.2) is 4.98 Å². The predicted octanol–water partition coefficient (Wildman–Crippen LogP) is 6.97. The first-order valence-electron chi connectivity index (χ1n) is 14.0. The number of aromatic nitrogens is 1. The van der Waals surface area contributed by atoms with Crippen molar-refractivity contribution in [1.29, 1.82) is 0 Å². The molecule has 192 valence electrons. The topological polar surface area (TPSA) is 56.3 Å². The molecule has 1 heterocycles. The van der Waals surface area contributed by atoms with Gasteiger partial charge in [0.1, 0.15) is 11.9 Å². The van der Waals surface area contributed by atoms with Crippen LogP contribution in [0.15, 0.2) is 29.4 Å². The highest BCUT2D eigenvalue weighted by molar-refractivity contribution is 7.99. The number of ketones is 1. The van der Waals surface area contributed by atoms with Crippen molar-refractivity contribution in [3.63, 3.8) is 0 Å². The van der Waals surface area contributed by atoms with Gasteiger partial charge in [-0.15, -0.1) is 11.8 Å². The van der Waals surface area contributed by atoms with Gasteiger partial charge in [-0.05, 0) is 110 Å². The standard InChI is InChI=1S/C30H43NO3S/c1-19(13-16-35-27-7-5-6-15-31-27)24-10-11-25-23-9-8-21-17-22(34-20(2)32)12-14-29(21,3)28(23)26(33)18-30(24,25)4/h5-7,15,19,21-25,28H,8-14,16-18H2,1-4H3/t19-,21?,22-,23+,24-,25+,28-,29+,30-/m1/s1. The zero-order valence-corrected chi connectivity index (χ0v) is 22.8. The molecule has 0 radical (unpaired) electrons. The first-order chi connectivity index (χ1) is 16.7. The van der Waals surface area contributed by atoms with Crippen molar-refractivity contribution < 1.29 is 14.3 Å². The van der Waals surface area contributed by atoms with E-state index in [4.69, 9.17) is 4.74 Å². The molecule has 1 unspecified atom stereocenters. The molecule has 5 heteroatoms. The molecule has 5 rings (SSSR count). The Kier molecular flexibility index (Phi) is 7.11. The van der Waals surface area contributed by atoms with Gasteiger partial charge < -0.3 is 4.74 Å². The van der Waals surface area contributed by atoms with Gasteiger partial charge in [-0.2, -0.15) is 0 Å². The Morgan fingerprint density at radius 3 is 2.74 bits per heavy atom. The van der Waals surface area contributed by atoms with Crippen molar-refractivity contribution in [3.05, 3.63) is 24.4 Å². The highest BCUT2D eigenvalue weighted by Crippen LogP contribution is 2.67. The van der Waals surface area contributed by atoms with E-state index in [0.717, 1.165) is 36.5 Å². The second-order valence-corrected chi connectivity index (χ2v) is 13.8. The zero-order chi connectivity index (χ0) is 24.8. The number of Topliss-reactive ketones (excluding diaryl/α,β-unsaturated/α-hetero) is 1. The largest absolute Gasteiger partial charge is 0.463 e. The summed E-state index contributed by atoms with van der Waals surface area (Å²) in [5.74, 6) is 4.72. The highest BCUT2D eigenvalue weighted by atomic mass is 32.2. The van der Waals surface area contributed by atoms with Crippen LogP contribution in [0.25, 0.3) is 0 Å². The Labute approximate surface area is 215 Å². The molecule has 4 aliphatic rings. The first kappa shape index (κ1) is 25.3. The van der Waals surface area contributed by atoms with Crippen LogP contribution in [0, 0.1) is 46.3 Å². The summed E-state index contributed by atoms with van der Waals surface area (Å²) in [5, 5.41) is 1.11. The van der Waals surface area contributed by atoms with E-state index in [1.165, 1.54) is 39.0 Å². The fraction of sp³-hybridized carbons (Fsp3) is 0.767. The van der Waals surface area contributed by atoms with Gasteiger partial charge in [0.25, 0.3) is 0 Å². The van der Waals surface area contributed by atoms with E-state index in [-0.39, 0.29) is 28.8 Å². The van der Waals surface area contributed by atoms with E-state index in [9.17, 15) is 9.59 Å². The Balaban J connectivity index is 1.27. The molecule has 0 amide bonds. The van der Waals surface area contributed by atoms with Crippen LogP contribution < -0.4 is 0 Å². The summed E-state index contributed by atoms with van der Waals surface area (Å²) in [4.78, 5) is 30.0. The van der Waals surface area contributed by atoms with Gasteiger partial charge in [-0.3, -0.25) is 9.59 Å². The minimum atomic E-state index is -0.165. The van der Waals surface area contributed by atoms with Crippen molar-refractivity contribution in [2.45, 2.75) is 96.6 Å². The fourth-order valence-electron chi connectivity index (χ4n) is 9.33. The third-order valence-electron chi connectivity index (χ3n) is 10.9. The van der Waals surface area contributed by atoms with Crippen LogP contribution >= 0.6 is 11.8 Å². The van der Waals surface area contributed by atoms with Crippen LogP contribution in [0.3, 0.4) is 0 Å². The third kappa shape index (κ3) is 4.60. The van der Waals surface area contributed by atoms with Gasteiger partial charge >= 0.3 is 5.97 Å². The predicted molar refractivity (Wildman–Crippen MR) is 140 cm³/mol. The molecule has 4 saturated carbocycles. The number of thioether (sulfide) groups is 1. The minimum Gasteiger partial charge on any atom is -0.463 e. The molecule has 0 N–H and O–H groups in total.